The third-order valence-electron chi connectivity index (χ3n) is 0.624. The van der Waals surface area contributed by atoms with Crippen molar-refractivity contribution in [2.45, 2.75) is 0 Å². The van der Waals surface area contributed by atoms with E-state index in [1.807, 2.05) is 6.20 Å². The van der Waals surface area contributed by atoms with Crippen molar-refractivity contribution in [1.29, 1.82) is 0 Å². The first-order valence-corrected chi connectivity index (χ1v) is 9.19. The van der Waals surface area contributed by atoms with E-state index in [2.05, 4.69) is 18.6 Å². The predicted octanol–water partition coefficient (Wildman–Crippen LogP) is 2.00. The first-order chi connectivity index (χ1) is 4.79. The van der Waals surface area contributed by atoms with Gasteiger partial charge >= 0.3 is 30.0 Å². The van der Waals surface area contributed by atoms with Gasteiger partial charge in [0.15, 0.2) is 0 Å². The van der Waals surface area contributed by atoms with Gasteiger partial charge in [-0.15, -0.1) is 0 Å². The minimum absolute atomic E-state index is 0.679. The Morgan fingerprint density at radius 1 is 1.50 bits per heavy atom. The summed E-state index contributed by atoms with van der Waals surface area (Å²) in [6.45, 7) is 0. The molecule has 0 aromatic carbocycles. The van der Waals surface area contributed by atoms with E-state index in [0.29, 0.717) is 6.07 Å². The van der Waals surface area contributed by atoms with Crippen molar-refractivity contribution in [2.24, 2.45) is 0 Å². The van der Waals surface area contributed by atoms with Gasteiger partial charge in [0.2, 0.25) is 0 Å². The van der Waals surface area contributed by atoms with E-state index in [1.165, 1.54) is 16.3 Å². The number of hydrogen-bond donors (Lipinski definition) is 0. The molecule has 10 heavy (non-hydrogen) atoms. The molecule has 0 aliphatic carbocycles. The Morgan fingerprint density at radius 3 is 2.40 bits per heavy atom. The number of aromatic nitrogens is 1. The summed E-state index contributed by atoms with van der Waals surface area (Å²) in [7, 11) is 0. The quantitative estimate of drug-likeness (QED) is 0.513. The van der Waals surface area contributed by atoms with Crippen LogP contribution in [0, 0.1) is 17.8 Å². The monoisotopic (exact) mass is 257 g/mol. The Hall–Kier alpha value is 0.113. The van der Waals surface area contributed by atoms with Gasteiger partial charge in [0.25, 0.3) is 0 Å². The maximum absolute atomic E-state index is 11.8. The van der Waals surface area contributed by atoms with Gasteiger partial charge < -0.3 is 4.98 Å². The fraction of sp³-hybridized carbons (Fsp3) is 0. The van der Waals surface area contributed by atoms with Crippen LogP contribution in [0.1, 0.15) is 0 Å². The van der Waals surface area contributed by atoms with Crippen molar-refractivity contribution in [1.82, 2.24) is 4.98 Å². The van der Waals surface area contributed by atoms with Gasteiger partial charge in [-0.3, -0.25) is 0 Å². The predicted molar refractivity (Wildman–Crippen MR) is 31.9 cm³/mol. The van der Waals surface area contributed by atoms with Crippen LogP contribution >= 0.6 is 13.6 Å². The normalized spacial score (nSPS) is 8.10. The van der Waals surface area contributed by atoms with E-state index < -0.39 is 11.6 Å². The number of nitrogens with zero attached hydrogens (tertiary/aromatic N) is 1. The molecule has 1 rings (SSSR count). The molecule has 0 atom stereocenters. The van der Waals surface area contributed by atoms with Crippen LogP contribution in [-0.4, -0.2) is 4.98 Å². The first-order valence-electron chi connectivity index (χ1n) is 2.24. The SMILES string of the molecule is Fc1[c-]ncc(F)c1.[Zn+][Br]. The zero-order chi connectivity index (χ0) is 7.98. The molecule has 1 nitrogen and oxygen atoms in total. The van der Waals surface area contributed by atoms with E-state index in [0.717, 1.165) is 6.20 Å². The van der Waals surface area contributed by atoms with Gasteiger partial charge in [-0.25, -0.2) is 8.78 Å². The molecule has 0 aliphatic rings. The molecular formula is C5H2BrF2NZn. The van der Waals surface area contributed by atoms with Gasteiger partial charge in [0.05, 0.1) is 0 Å². The topological polar surface area (TPSA) is 12.9 Å². The zero-order valence-corrected chi connectivity index (χ0v) is 9.50. The molecule has 50 valence electrons. The van der Waals surface area contributed by atoms with Gasteiger partial charge in [-0.1, -0.05) is 12.3 Å². The third kappa shape index (κ3) is 4.01. The van der Waals surface area contributed by atoms with Crippen molar-refractivity contribution in [3.63, 3.8) is 0 Å². The molecule has 0 amide bonds. The number of halogens is 3. The molecule has 0 N–H and O–H groups in total. The fourth-order valence-corrected chi connectivity index (χ4v) is 0.346. The Morgan fingerprint density at radius 2 is 2.10 bits per heavy atom. The summed E-state index contributed by atoms with van der Waals surface area (Å²) in [5.41, 5.74) is 0. The molecule has 0 aliphatic heterocycles. The molecular weight excluding hydrogens is 257 g/mol. The fourth-order valence-electron chi connectivity index (χ4n) is 0.346. The van der Waals surface area contributed by atoms with Crippen LogP contribution in [0.4, 0.5) is 8.78 Å². The molecule has 0 spiro atoms. The second kappa shape index (κ2) is 5.87. The Bertz CT molecular complexity index is 180. The van der Waals surface area contributed by atoms with Crippen molar-refractivity contribution in [3.05, 3.63) is 30.1 Å². The Kier molecular flexibility index (Phi) is 5.93. The second-order valence-corrected chi connectivity index (χ2v) is 1.25. The van der Waals surface area contributed by atoms with E-state index in [4.69, 9.17) is 0 Å². The van der Waals surface area contributed by atoms with E-state index >= 15 is 0 Å². The third-order valence-corrected chi connectivity index (χ3v) is 0.624. The van der Waals surface area contributed by atoms with Crippen LogP contribution < -0.4 is 0 Å². The molecule has 0 saturated heterocycles. The zero-order valence-electron chi connectivity index (χ0n) is 4.94. The van der Waals surface area contributed by atoms with Crippen LogP contribution in [0.25, 0.3) is 0 Å². The van der Waals surface area contributed by atoms with E-state index in [-0.39, 0.29) is 0 Å². The van der Waals surface area contributed by atoms with Crippen LogP contribution in [0.2, 0.25) is 0 Å². The Labute approximate surface area is 73.9 Å². The van der Waals surface area contributed by atoms with Crippen LogP contribution in [0.3, 0.4) is 0 Å². The summed E-state index contributed by atoms with van der Waals surface area (Å²) in [6, 6.07) is 0.715. The maximum atomic E-state index is 11.8. The molecule has 0 radical (unpaired) electrons. The van der Waals surface area contributed by atoms with Gasteiger partial charge in [-0.05, 0) is 6.20 Å². The molecule has 0 bridgehead atoms. The van der Waals surface area contributed by atoms with Crippen molar-refractivity contribution in [2.75, 3.05) is 0 Å². The molecule has 0 fully saturated rings. The van der Waals surface area contributed by atoms with E-state index in [1.54, 1.807) is 0 Å². The number of hydrogen-bond acceptors (Lipinski definition) is 1. The summed E-state index contributed by atoms with van der Waals surface area (Å²) in [5, 5.41) is 0. The van der Waals surface area contributed by atoms with Crippen molar-refractivity contribution < 1.29 is 25.1 Å². The standard InChI is InChI=1S/C5H2F2N.BrH.Zn/c6-4-1-5(7)3-8-2-4;;/h1-2H;1H;/q-1;;+2/p-1. The average Bonchev–Trinajstić information content (AvgIpc) is 1.91. The summed E-state index contributed by atoms with van der Waals surface area (Å²) in [6.07, 6.45) is 2.81. The summed E-state index contributed by atoms with van der Waals surface area (Å²) >= 11 is 4.25. The van der Waals surface area contributed by atoms with Crippen LogP contribution in [0.15, 0.2) is 12.3 Å². The summed E-state index contributed by atoms with van der Waals surface area (Å²) in [4.78, 5) is 3.11. The van der Waals surface area contributed by atoms with Gasteiger partial charge in [0, 0.05) is 11.6 Å². The summed E-state index contributed by atoms with van der Waals surface area (Å²) < 4.78 is 23.7. The number of rotatable bonds is 0. The second-order valence-electron chi connectivity index (χ2n) is 1.25. The molecule has 0 unspecified atom stereocenters. The Balaban J connectivity index is 0.000000371. The van der Waals surface area contributed by atoms with Crippen molar-refractivity contribution in [3.8, 4) is 0 Å². The van der Waals surface area contributed by atoms with E-state index in [9.17, 15) is 8.78 Å². The van der Waals surface area contributed by atoms with Crippen molar-refractivity contribution >= 4 is 13.6 Å². The van der Waals surface area contributed by atoms with Crippen LogP contribution in [0.5, 0.6) is 0 Å². The first kappa shape index (κ1) is 10.1. The molecule has 1 aromatic rings. The van der Waals surface area contributed by atoms with Gasteiger partial charge in [0.1, 0.15) is 0 Å². The molecule has 1 aromatic heterocycles. The molecule has 5 heteroatoms. The van der Waals surface area contributed by atoms with Gasteiger partial charge in [-0.2, -0.15) is 0 Å². The minimum atomic E-state index is -0.773. The molecule has 0 saturated carbocycles. The molecule has 1 heterocycles. The number of pyridine rings is 1. The summed E-state index contributed by atoms with van der Waals surface area (Å²) in [5.74, 6) is -1.45. The van der Waals surface area contributed by atoms with Crippen LogP contribution in [-0.2, 0) is 16.3 Å². The average molecular weight is 259 g/mol.